The Balaban J connectivity index is 1.12. The van der Waals surface area contributed by atoms with Gasteiger partial charge in [-0.25, -0.2) is 22.4 Å². The van der Waals surface area contributed by atoms with Crippen LogP contribution in [0.1, 0.15) is 94.6 Å². The van der Waals surface area contributed by atoms with Crippen molar-refractivity contribution >= 4 is 39.9 Å². The van der Waals surface area contributed by atoms with Gasteiger partial charge in [-0.15, -0.1) is 0 Å². The number of allylic oxidation sites excluding steroid dienone is 1. The Labute approximate surface area is 302 Å². The lowest BCUT2D eigenvalue weighted by Crippen LogP contribution is -2.59. The second-order valence-electron chi connectivity index (χ2n) is 15.1. The first-order chi connectivity index (χ1) is 24.9. The Morgan fingerprint density at radius 2 is 1.73 bits per heavy atom. The zero-order valence-electron chi connectivity index (χ0n) is 29.1. The van der Waals surface area contributed by atoms with E-state index in [1.54, 1.807) is 12.1 Å². The minimum absolute atomic E-state index is 0.0124. The molecule has 16 heteroatoms. The van der Waals surface area contributed by atoms with Crippen molar-refractivity contribution in [3.8, 4) is 0 Å². The van der Waals surface area contributed by atoms with E-state index in [0.29, 0.717) is 43.2 Å². The van der Waals surface area contributed by atoms with Crippen molar-refractivity contribution in [2.24, 2.45) is 5.92 Å². The molecule has 3 aliphatic heterocycles. The van der Waals surface area contributed by atoms with Gasteiger partial charge in [0.25, 0.3) is 5.91 Å². The van der Waals surface area contributed by atoms with Crippen LogP contribution in [0.15, 0.2) is 30.4 Å². The fraction of sp³-hybridized carbons (Fsp3) is 0.639. The van der Waals surface area contributed by atoms with Gasteiger partial charge in [-0.05, 0) is 63.0 Å². The molecule has 3 aliphatic carbocycles. The van der Waals surface area contributed by atoms with E-state index in [2.05, 4.69) is 20.7 Å². The number of carbonyl (C=O) groups excluding carboxylic acids is 5. The van der Waals surface area contributed by atoms with Gasteiger partial charge < -0.3 is 25.6 Å². The van der Waals surface area contributed by atoms with Crippen molar-refractivity contribution in [1.29, 1.82) is 0 Å². The second-order valence-corrected chi connectivity index (χ2v) is 17.1. The predicted molar refractivity (Wildman–Crippen MR) is 185 cm³/mol. The summed E-state index contributed by atoms with van der Waals surface area (Å²) in [6.45, 7) is 0.000944. The van der Waals surface area contributed by atoms with Crippen LogP contribution in [-0.4, -0.2) is 89.6 Å². The van der Waals surface area contributed by atoms with Crippen LogP contribution in [0.25, 0.3) is 0 Å². The SMILES string of the molecule is O=C(NC1CCCC1)N[C@H]1CCCCC/C=C\[C@H]2C[C@@]2(C(=O)NS(=O)(=O)C2CC2)NC(=O)C2C[C@@H](OC(=O)N3Cc4cccc(F)c4C3)CN2C1=O. The van der Waals surface area contributed by atoms with Crippen LogP contribution in [0, 0.1) is 11.7 Å². The summed E-state index contributed by atoms with van der Waals surface area (Å²) in [5.41, 5.74) is -0.474. The largest absolute Gasteiger partial charge is 0.444 e. The summed E-state index contributed by atoms with van der Waals surface area (Å²) >= 11 is 0. The molecule has 282 valence electrons. The molecule has 0 radical (unpaired) electrons. The number of carbonyl (C=O) groups is 5. The number of hydrogen-bond acceptors (Lipinski definition) is 8. The van der Waals surface area contributed by atoms with Gasteiger partial charge in [-0.1, -0.05) is 50.0 Å². The smallest absolute Gasteiger partial charge is 0.410 e. The number of hydrogen-bond donors (Lipinski definition) is 4. The van der Waals surface area contributed by atoms with Crippen molar-refractivity contribution in [3.63, 3.8) is 0 Å². The first-order valence-electron chi connectivity index (χ1n) is 18.6. The van der Waals surface area contributed by atoms with Crippen molar-refractivity contribution in [2.75, 3.05) is 6.54 Å². The molecule has 6 amide bonds. The molecule has 1 aromatic carbocycles. The molecule has 5 atom stereocenters. The number of halogens is 1. The summed E-state index contributed by atoms with van der Waals surface area (Å²) in [5.74, 6) is -2.92. The molecule has 3 saturated carbocycles. The fourth-order valence-corrected chi connectivity index (χ4v) is 9.39. The number of urea groups is 1. The number of nitrogens with one attached hydrogen (secondary N) is 4. The third-order valence-corrected chi connectivity index (χ3v) is 13.1. The van der Waals surface area contributed by atoms with Gasteiger partial charge in [0, 0.05) is 30.5 Å². The quantitative estimate of drug-likeness (QED) is 0.321. The topological polar surface area (TPSA) is 183 Å². The first-order valence-corrected chi connectivity index (χ1v) is 20.1. The number of benzene rings is 1. The Morgan fingerprint density at radius 1 is 0.962 bits per heavy atom. The lowest BCUT2D eigenvalue weighted by Gasteiger charge is -2.30. The molecule has 6 aliphatic rings. The monoisotopic (exact) mass is 742 g/mol. The van der Waals surface area contributed by atoms with Gasteiger partial charge in [-0.2, -0.15) is 0 Å². The normalized spacial score (nSPS) is 30.2. The highest BCUT2D eigenvalue weighted by Crippen LogP contribution is 2.46. The Hall–Kier alpha value is -4.21. The van der Waals surface area contributed by atoms with Crippen molar-refractivity contribution in [1.82, 2.24) is 30.5 Å². The van der Waals surface area contributed by atoms with E-state index in [1.807, 2.05) is 12.2 Å². The molecular formula is C36H47FN6O8S. The molecule has 14 nitrogen and oxygen atoms in total. The van der Waals surface area contributed by atoms with Gasteiger partial charge in [0.15, 0.2) is 0 Å². The summed E-state index contributed by atoms with van der Waals surface area (Å²) in [7, 11) is -3.91. The van der Waals surface area contributed by atoms with Crippen LogP contribution >= 0.6 is 0 Å². The predicted octanol–water partition coefficient (Wildman–Crippen LogP) is 2.86. The molecule has 4 N–H and O–H groups in total. The minimum Gasteiger partial charge on any atom is -0.444 e. The van der Waals surface area contributed by atoms with Crippen LogP contribution in [0.3, 0.4) is 0 Å². The zero-order chi connectivity index (χ0) is 36.6. The van der Waals surface area contributed by atoms with Crippen molar-refractivity contribution in [3.05, 3.63) is 47.3 Å². The first kappa shape index (κ1) is 36.2. The van der Waals surface area contributed by atoms with E-state index in [1.165, 1.54) is 15.9 Å². The van der Waals surface area contributed by atoms with Gasteiger partial charge in [0.2, 0.25) is 21.8 Å². The van der Waals surface area contributed by atoms with E-state index in [4.69, 9.17) is 4.74 Å². The van der Waals surface area contributed by atoms with Crippen molar-refractivity contribution in [2.45, 2.75) is 132 Å². The summed E-state index contributed by atoms with van der Waals surface area (Å²) in [4.78, 5) is 71.3. The van der Waals surface area contributed by atoms with Gasteiger partial charge in [-0.3, -0.25) is 24.0 Å². The summed E-state index contributed by atoms with van der Waals surface area (Å²) < 4.78 is 48.0. The maximum Gasteiger partial charge on any atom is 0.410 e. The molecular weight excluding hydrogens is 695 g/mol. The fourth-order valence-electron chi connectivity index (χ4n) is 8.03. The molecule has 0 aromatic heterocycles. The van der Waals surface area contributed by atoms with Gasteiger partial charge >= 0.3 is 12.1 Å². The minimum atomic E-state index is -3.91. The summed E-state index contributed by atoms with van der Waals surface area (Å²) in [5, 5.41) is 7.97. The molecule has 1 unspecified atom stereocenters. The average molecular weight is 743 g/mol. The van der Waals surface area contributed by atoms with Crippen LogP contribution in [0.2, 0.25) is 0 Å². The van der Waals surface area contributed by atoms with E-state index >= 15 is 0 Å². The molecule has 0 spiro atoms. The van der Waals surface area contributed by atoms with Crippen LogP contribution in [-0.2, 0) is 42.2 Å². The number of ether oxygens (including phenoxy) is 1. The van der Waals surface area contributed by atoms with Crippen LogP contribution < -0.4 is 20.7 Å². The Bertz CT molecular complexity index is 1750. The molecule has 52 heavy (non-hydrogen) atoms. The molecule has 4 fully saturated rings. The lowest BCUT2D eigenvalue weighted by molar-refractivity contribution is -0.141. The van der Waals surface area contributed by atoms with Crippen LogP contribution in [0.4, 0.5) is 14.0 Å². The molecule has 1 aromatic rings. The summed E-state index contributed by atoms with van der Waals surface area (Å²) in [6.07, 6.45) is 10.0. The Morgan fingerprint density at radius 3 is 2.48 bits per heavy atom. The van der Waals surface area contributed by atoms with E-state index in [0.717, 1.165) is 38.5 Å². The van der Waals surface area contributed by atoms with E-state index in [-0.39, 0.29) is 38.5 Å². The lowest BCUT2D eigenvalue weighted by atomic mass is 10.0. The number of sulfonamides is 1. The van der Waals surface area contributed by atoms with Crippen LogP contribution in [0.5, 0.6) is 0 Å². The van der Waals surface area contributed by atoms with Gasteiger partial charge in [0.1, 0.15) is 29.5 Å². The highest BCUT2D eigenvalue weighted by atomic mass is 32.2. The molecule has 3 heterocycles. The summed E-state index contributed by atoms with van der Waals surface area (Å²) in [6, 6.07) is 2.01. The number of fused-ring (bicyclic) bond motifs is 3. The maximum absolute atomic E-state index is 14.4. The van der Waals surface area contributed by atoms with E-state index in [9.17, 15) is 36.8 Å². The van der Waals surface area contributed by atoms with E-state index < -0.39 is 80.6 Å². The highest BCUT2D eigenvalue weighted by molar-refractivity contribution is 7.91. The van der Waals surface area contributed by atoms with Crippen molar-refractivity contribution < 1.29 is 41.5 Å². The maximum atomic E-state index is 14.4. The van der Waals surface area contributed by atoms with Gasteiger partial charge in [0.05, 0.1) is 18.3 Å². The number of nitrogens with zero attached hydrogens (tertiary/aromatic N) is 2. The highest BCUT2D eigenvalue weighted by Gasteiger charge is 2.62. The third-order valence-electron chi connectivity index (χ3n) is 11.3. The standard InChI is InChI=1S/C36H47FN6O8S/c37-28-13-8-9-22-19-42(21-27(22)28)35(48)51-25-17-30-31(44)40-36(33(46)41-52(49,50)26-15-16-26)18-23(36)10-4-2-1-3-5-14-29(32(45)43(30)20-25)39-34(47)38-24-11-6-7-12-24/h4,8-10,13,23-26,29-30H,1-3,5-7,11-12,14-21H2,(H,40,44)(H,41,46)(H2,38,39,47)/b10-4-/t23-,25+,29-,30?,36+/m0/s1. The molecule has 0 bridgehead atoms. The molecule has 1 saturated heterocycles. The number of rotatable bonds is 6. The third kappa shape index (κ3) is 7.76. The average Bonchev–Trinajstić information content (AvgIpc) is 3.88. The molecule has 7 rings (SSSR count). The second kappa shape index (κ2) is 14.7. The number of amides is 6. The zero-order valence-corrected chi connectivity index (χ0v) is 29.9. The Kier molecular flexibility index (Phi) is 10.2.